The maximum Gasteiger partial charge on any atom is 0.261 e. The zero-order valence-electron chi connectivity index (χ0n) is 9.77. The Labute approximate surface area is 107 Å². The molecule has 2 aromatic heterocycles. The zero-order chi connectivity index (χ0) is 13.0. The third kappa shape index (κ3) is 3.05. The third-order valence-corrected chi connectivity index (χ3v) is 3.19. The molecule has 18 heavy (non-hydrogen) atoms. The first-order chi connectivity index (χ1) is 8.69. The van der Waals surface area contributed by atoms with E-state index in [1.807, 2.05) is 6.07 Å². The summed E-state index contributed by atoms with van der Waals surface area (Å²) in [5.41, 5.74) is 5.35. The number of anilines is 1. The number of aromatic nitrogens is 3. The molecule has 1 amide bonds. The molecule has 0 saturated carbocycles. The van der Waals surface area contributed by atoms with Gasteiger partial charge in [-0.15, -0.1) is 16.4 Å². The maximum absolute atomic E-state index is 11.8. The summed E-state index contributed by atoms with van der Waals surface area (Å²) in [6.45, 7) is 0.775. The second-order valence-electron chi connectivity index (χ2n) is 3.52. The lowest BCUT2D eigenvalue weighted by Crippen LogP contribution is -2.22. The number of hydrogen-bond donors (Lipinski definition) is 3. The highest BCUT2D eigenvalue weighted by molar-refractivity contribution is 7.14. The molecule has 0 radical (unpaired) electrons. The first kappa shape index (κ1) is 12.5. The van der Waals surface area contributed by atoms with Crippen LogP contribution >= 0.6 is 11.3 Å². The van der Waals surface area contributed by atoms with Crippen LogP contribution in [0.15, 0.2) is 12.1 Å². The van der Waals surface area contributed by atoms with E-state index in [0.29, 0.717) is 17.3 Å². The molecular weight excluding hydrogens is 254 g/mol. The molecule has 0 aliphatic rings. The average Bonchev–Trinajstić information content (AvgIpc) is 2.96. The number of ether oxygens (including phenoxy) is 1. The van der Waals surface area contributed by atoms with Gasteiger partial charge in [0.05, 0.1) is 18.0 Å². The highest BCUT2D eigenvalue weighted by Crippen LogP contribution is 2.17. The van der Waals surface area contributed by atoms with Crippen molar-refractivity contribution < 1.29 is 9.53 Å². The second-order valence-corrected chi connectivity index (χ2v) is 4.69. The molecule has 4 N–H and O–H groups in total. The van der Waals surface area contributed by atoms with Crippen molar-refractivity contribution in [1.82, 2.24) is 20.5 Å². The Morgan fingerprint density at radius 2 is 2.44 bits per heavy atom. The van der Waals surface area contributed by atoms with Crippen molar-refractivity contribution >= 4 is 23.2 Å². The summed E-state index contributed by atoms with van der Waals surface area (Å²) in [6, 6.07) is 3.64. The van der Waals surface area contributed by atoms with E-state index in [0.717, 1.165) is 4.88 Å². The first-order valence-corrected chi connectivity index (χ1v) is 6.03. The van der Waals surface area contributed by atoms with Crippen LogP contribution in [0, 0.1) is 0 Å². The number of nitrogens with zero attached hydrogens (tertiary/aromatic N) is 2. The summed E-state index contributed by atoms with van der Waals surface area (Å²) in [5.74, 6) is 0.532. The Morgan fingerprint density at radius 1 is 1.61 bits per heavy atom. The number of methoxy groups -OCH3 is 1. The fourth-order valence-corrected chi connectivity index (χ4v) is 2.26. The van der Waals surface area contributed by atoms with Crippen LogP contribution < -0.4 is 11.1 Å². The van der Waals surface area contributed by atoms with Gasteiger partial charge in [-0.2, -0.15) is 4.98 Å². The molecule has 2 aromatic rings. The van der Waals surface area contributed by atoms with E-state index in [2.05, 4.69) is 20.5 Å². The summed E-state index contributed by atoms with van der Waals surface area (Å²) >= 11 is 1.40. The van der Waals surface area contributed by atoms with Gasteiger partial charge in [-0.1, -0.05) is 0 Å². The van der Waals surface area contributed by atoms with E-state index in [4.69, 9.17) is 10.5 Å². The summed E-state index contributed by atoms with van der Waals surface area (Å²) in [7, 11) is 1.62. The monoisotopic (exact) mass is 267 g/mol. The fraction of sp³-hybridized carbons (Fsp3) is 0.300. The summed E-state index contributed by atoms with van der Waals surface area (Å²) in [4.78, 5) is 17.3. The Balaban J connectivity index is 1.90. The number of carbonyl (C=O) groups is 1. The number of rotatable bonds is 5. The summed E-state index contributed by atoms with van der Waals surface area (Å²) in [6.07, 6.45) is 0. The number of nitrogens with two attached hydrogens (primary N) is 1. The minimum Gasteiger partial charge on any atom is -0.379 e. The molecule has 0 aliphatic carbocycles. The Hall–Kier alpha value is -1.93. The third-order valence-electron chi connectivity index (χ3n) is 2.14. The lowest BCUT2D eigenvalue weighted by Gasteiger charge is -1.99. The molecule has 0 fully saturated rings. The minimum absolute atomic E-state index is 0.155. The van der Waals surface area contributed by atoms with Crippen LogP contribution in [0.25, 0.3) is 0 Å². The molecule has 0 bridgehead atoms. The van der Waals surface area contributed by atoms with Gasteiger partial charge in [0, 0.05) is 12.0 Å². The molecule has 96 valence electrons. The molecule has 7 nitrogen and oxygen atoms in total. The van der Waals surface area contributed by atoms with Crippen molar-refractivity contribution in [2.75, 3.05) is 12.8 Å². The van der Waals surface area contributed by atoms with Crippen LogP contribution in [0.1, 0.15) is 20.4 Å². The van der Waals surface area contributed by atoms with Gasteiger partial charge in [-0.05, 0) is 12.1 Å². The van der Waals surface area contributed by atoms with E-state index in [9.17, 15) is 4.79 Å². The largest absolute Gasteiger partial charge is 0.379 e. The van der Waals surface area contributed by atoms with Crippen LogP contribution in [0.3, 0.4) is 0 Å². The van der Waals surface area contributed by atoms with E-state index >= 15 is 0 Å². The van der Waals surface area contributed by atoms with Gasteiger partial charge in [-0.25, -0.2) is 0 Å². The second kappa shape index (κ2) is 5.61. The molecular formula is C10H13N5O2S. The molecule has 2 rings (SSSR count). The minimum atomic E-state index is -0.155. The zero-order valence-corrected chi connectivity index (χ0v) is 10.6. The number of amides is 1. The van der Waals surface area contributed by atoms with Gasteiger partial charge in [-0.3, -0.25) is 9.89 Å². The number of H-pyrrole nitrogens is 1. The number of carbonyl (C=O) groups excluding carboxylic acids is 1. The molecule has 0 saturated heterocycles. The topological polar surface area (TPSA) is 106 Å². The summed E-state index contributed by atoms with van der Waals surface area (Å²) < 4.78 is 4.99. The fourth-order valence-electron chi connectivity index (χ4n) is 1.36. The normalized spacial score (nSPS) is 10.5. The summed E-state index contributed by atoms with van der Waals surface area (Å²) in [5, 5.41) is 9.02. The standard InChI is InChI=1S/C10H13N5O2S/c1-17-5-6-2-3-7(18-6)9(16)12-4-8-13-10(11)15-14-8/h2-3H,4-5H2,1H3,(H,12,16)(H3,11,13,14,15). The number of aromatic amines is 1. The smallest absolute Gasteiger partial charge is 0.261 e. The van der Waals surface area contributed by atoms with Crippen LogP contribution in [-0.4, -0.2) is 28.2 Å². The quantitative estimate of drug-likeness (QED) is 0.732. The van der Waals surface area contributed by atoms with Crippen molar-refractivity contribution in [3.05, 3.63) is 27.7 Å². The number of nitrogen functional groups attached to an aromatic ring is 1. The van der Waals surface area contributed by atoms with Crippen molar-refractivity contribution in [2.45, 2.75) is 13.2 Å². The van der Waals surface area contributed by atoms with Crippen LogP contribution in [-0.2, 0) is 17.9 Å². The molecule has 0 spiro atoms. The molecule has 8 heteroatoms. The maximum atomic E-state index is 11.8. The van der Waals surface area contributed by atoms with Crippen LogP contribution in [0.5, 0.6) is 0 Å². The molecule has 0 aromatic carbocycles. The van der Waals surface area contributed by atoms with E-state index in [1.54, 1.807) is 13.2 Å². The lowest BCUT2D eigenvalue weighted by molar-refractivity contribution is 0.0954. The highest BCUT2D eigenvalue weighted by atomic mass is 32.1. The first-order valence-electron chi connectivity index (χ1n) is 5.21. The van der Waals surface area contributed by atoms with Crippen molar-refractivity contribution in [3.8, 4) is 0 Å². The molecule has 0 unspecified atom stereocenters. The Morgan fingerprint density at radius 3 is 3.11 bits per heavy atom. The predicted octanol–water partition coefficient (Wildman–Crippen LogP) is 0.525. The van der Waals surface area contributed by atoms with Gasteiger partial charge >= 0.3 is 0 Å². The van der Waals surface area contributed by atoms with E-state index in [1.165, 1.54) is 11.3 Å². The number of nitrogens with one attached hydrogen (secondary N) is 2. The van der Waals surface area contributed by atoms with Gasteiger partial charge in [0.15, 0.2) is 0 Å². The Kier molecular flexibility index (Phi) is 3.90. The molecule has 0 atom stereocenters. The predicted molar refractivity (Wildman–Crippen MR) is 67.0 cm³/mol. The van der Waals surface area contributed by atoms with Gasteiger partial charge in [0.2, 0.25) is 5.95 Å². The average molecular weight is 267 g/mol. The van der Waals surface area contributed by atoms with Gasteiger partial charge in [0.25, 0.3) is 5.91 Å². The van der Waals surface area contributed by atoms with E-state index < -0.39 is 0 Å². The van der Waals surface area contributed by atoms with Crippen molar-refractivity contribution in [3.63, 3.8) is 0 Å². The van der Waals surface area contributed by atoms with Crippen molar-refractivity contribution in [1.29, 1.82) is 0 Å². The van der Waals surface area contributed by atoms with Gasteiger partial charge in [0.1, 0.15) is 5.82 Å². The molecule has 0 aliphatic heterocycles. The van der Waals surface area contributed by atoms with E-state index in [-0.39, 0.29) is 18.4 Å². The number of hydrogen-bond acceptors (Lipinski definition) is 6. The number of thiophene rings is 1. The lowest BCUT2D eigenvalue weighted by atomic mass is 10.4. The SMILES string of the molecule is COCc1ccc(C(=O)NCc2nc(N)n[nH]2)s1. The van der Waals surface area contributed by atoms with Gasteiger partial charge < -0.3 is 15.8 Å². The Bertz CT molecular complexity index is 536. The highest BCUT2D eigenvalue weighted by Gasteiger charge is 2.09. The van der Waals surface area contributed by atoms with Crippen LogP contribution in [0.2, 0.25) is 0 Å². The van der Waals surface area contributed by atoms with Crippen molar-refractivity contribution in [2.24, 2.45) is 0 Å². The van der Waals surface area contributed by atoms with Crippen LogP contribution in [0.4, 0.5) is 5.95 Å². The molecule has 2 heterocycles.